The van der Waals surface area contributed by atoms with Gasteiger partial charge >= 0.3 is 0 Å². The summed E-state index contributed by atoms with van der Waals surface area (Å²) >= 11 is 0. The van der Waals surface area contributed by atoms with Crippen molar-refractivity contribution >= 4 is 0 Å². The summed E-state index contributed by atoms with van der Waals surface area (Å²) in [5, 5.41) is 8.65. The summed E-state index contributed by atoms with van der Waals surface area (Å²) in [5.74, 6) is 0.361. The van der Waals surface area contributed by atoms with Crippen molar-refractivity contribution in [1.82, 2.24) is 15.0 Å². The normalized spacial score (nSPS) is 12.3. The molecule has 3 heteroatoms. The van der Waals surface area contributed by atoms with Gasteiger partial charge in [-0.15, -0.1) is 5.10 Å². The summed E-state index contributed by atoms with van der Waals surface area (Å²) in [6, 6.07) is 17.0. The molecule has 0 radical (unpaired) electrons. The molecule has 0 amide bonds. The molecule has 3 rings (SSSR count). The van der Waals surface area contributed by atoms with Gasteiger partial charge < -0.3 is 0 Å². The zero-order valence-corrected chi connectivity index (χ0v) is 14.0. The van der Waals surface area contributed by atoms with Gasteiger partial charge in [0, 0.05) is 12.1 Å². The number of hydrogen-bond acceptors (Lipinski definition) is 2. The van der Waals surface area contributed by atoms with Crippen LogP contribution in [0.4, 0.5) is 0 Å². The van der Waals surface area contributed by atoms with Gasteiger partial charge in [-0.25, -0.2) is 4.68 Å². The molecule has 0 bridgehead atoms. The Bertz CT molecular complexity index is 775. The van der Waals surface area contributed by atoms with Crippen molar-refractivity contribution in [2.75, 3.05) is 0 Å². The van der Waals surface area contributed by atoms with E-state index in [0.717, 1.165) is 18.7 Å². The molecule has 3 aromatic rings. The molecule has 2 aromatic carbocycles. The molecule has 1 heterocycles. The summed E-state index contributed by atoms with van der Waals surface area (Å²) in [7, 11) is 0. The number of aryl methyl sites for hydroxylation is 2. The van der Waals surface area contributed by atoms with Gasteiger partial charge in [-0.05, 0) is 37.0 Å². The van der Waals surface area contributed by atoms with Crippen LogP contribution in [0, 0.1) is 13.8 Å². The second-order valence-electron chi connectivity index (χ2n) is 6.36. The van der Waals surface area contributed by atoms with Crippen LogP contribution in [0.1, 0.15) is 40.8 Å². The van der Waals surface area contributed by atoms with Gasteiger partial charge in [0.15, 0.2) is 0 Å². The van der Waals surface area contributed by atoms with E-state index in [1.807, 2.05) is 10.7 Å². The fraction of sp³-hybridized carbons (Fsp3) is 0.300. The van der Waals surface area contributed by atoms with Crippen molar-refractivity contribution in [1.29, 1.82) is 0 Å². The van der Waals surface area contributed by atoms with E-state index in [1.165, 1.54) is 22.3 Å². The van der Waals surface area contributed by atoms with Crippen molar-refractivity contribution in [3.8, 4) is 0 Å². The van der Waals surface area contributed by atoms with Gasteiger partial charge in [0.05, 0.1) is 12.2 Å². The third-order valence-electron chi connectivity index (χ3n) is 4.28. The minimum absolute atomic E-state index is 0.361. The van der Waals surface area contributed by atoms with Crippen LogP contribution in [0.3, 0.4) is 0 Å². The molecule has 0 aliphatic rings. The molecule has 0 aliphatic heterocycles. The first-order chi connectivity index (χ1) is 11.1. The zero-order valence-electron chi connectivity index (χ0n) is 14.0. The number of nitrogens with zero attached hydrogens (tertiary/aromatic N) is 3. The standard InChI is InChI=1S/C20H23N3/c1-15-9-10-16(2)19(11-15)12-17(3)20-14-23(22-21-20)13-18-7-5-4-6-8-18/h4-11,14,17H,12-13H2,1-3H3. The predicted octanol–water partition coefficient (Wildman–Crippen LogP) is 4.29. The van der Waals surface area contributed by atoms with Gasteiger partial charge in [0.1, 0.15) is 0 Å². The molecule has 0 aliphatic carbocycles. The van der Waals surface area contributed by atoms with Gasteiger partial charge in [-0.2, -0.15) is 0 Å². The first-order valence-corrected chi connectivity index (χ1v) is 8.12. The molecule has 118 valence electrons. The van der Waals surface area contributed by atoms with E-state index < -0.39 is 0 Å². The lowest BCUT2D eigenvalue weighted by atomic mass is 9.94. The molecule has 0 saturated carbocycles. The molecule has 0 fully saturated rings. The Kier molecular flexibility index (Phi) is 4.56. The first-order valence-electron chi connectivity index (χ1n) is 8.12. The average molecular weight is 305 g/mol. The molecule has 1 aromatic heterocycles. The van der Waals surface area contributed by atoms with Crippen LogP contribution in [0.2, 0.25) is 0 Å². The van der Waals surface area contributed by atoms with Crippen LogP contribution in [0.25, 0.3) is 0 Å². The lowest BCUT2D eigenvalue weighted by Gasteiger charge is -2.11. The highest BCUT2D eigenvalue weighted by molar-refractivity contribution is 5.31. The smallest absolute Gasteiger partial charge is 0.0858 e. The van der Waals surface area contributed by atoms with Crippen LogP contribution in [0.5, 0.6) is 0 Å². The minimum atomic E-state index is 0.361. The quantitative estimate of drug-likeness (QED) is 0.704. The van der Waals surface area contributed by atoms with Crippen molar-refractivity contribution < 1.29 is 0 Å². The fourth-order valence-electron chi connectivity index (χ4n) is 2.84. The van der Waals surface area contributed by atoms with Crippen LogP contribution < -0.4 is 0 Å². The minimum Gasteiger partial charge on any atom is -0.248 e. The molecule has 0 saturated heterocycles. The van der Waals surface area contributed by atoms with Crippen molar-refractivity contribution in [2.45, 2.75) is 39.7 Å². The molecule has 3 nitrogen and oxygen atoms in total. The second kappa shape index (κ2) is 6.78. The van der Waals surface area contributed by atoms with Crippen LogP contribution >= 0.6 is 0 Å². The van der Waals surface area contributed by atoms with Gasteiger partial charge in [-0.1, -0.05) is 66.2 Å². The monoisotopic (exact) mass is 305 g/mol. The van der Waals surface area contributed by atoms with E-state index in [1.54, 1.807) is 0 Å². The van der Waals surface area contributed by atoms with E-state index in [0.29, 0.717) is 5.92 Å². The highest BCUT2D eigenvalue weighted by Crippen LogP contribution is 2.21. The lowest BCUT2D eigenvalue weighted by Crippen LogP contribution is -2.01. The molecule has 0 N–H and O–H groups in total. The van der Waals surface area contributed by atoms with Crippen LogP contribution in [-0.4, -0.2) is 15.0 Å². The first kappa shape index (κ1) is 15.5. The number of rotatable bonds is 5. The van der Waals surface area contributed by atoms with E-state index >= 15 is 0 Å². The summed E-state index contributed by atoms with van der Waals surface area (Å²) in [5.41, 5.74) is 6.35. The Labute approximate surface area is 138 Å². The molecule has 23 heavy (non-hydrogen) atoms. The average Bonchev–Trinajstić information content (AvgIpc) is 3.00. The number of aromatic nitrogens is 3. The third kappa shape index (κ3) is 3.86. The van der Waals surface area contributed by atoms with E-state index in [4.69, 9.17) is 0 Å². The summed E-state index contributed by atoms with van der Waals surface area (Å²) in [6.07, 6.45) is 3.07. The van der Waals surface area contributed by atoms with Crippen molar-refractivity contribution in [2.24, 2.45) is 0 Å². The SMILES string of the molecule is Cc1ccc(C)c(CC(C)c2cn(Cc3ccccc3)nn2)c1. The van der Waals surface area contributed by atoms with Gasteiger partial charge in [0.2, 0.25) is 0 Å². The Morgan fingerprint density at radius 1 is 1.04 bits per heavy atom. The van der Waals surface area contributed by atoms with E-state index in [2.05, 4.69) is 79.7 Å². The number of benzene rings is 2. The summed E-state index contributed by atoms with van der Waals surface area (Å²) in [6.45, 7) is 7.31. The molecule has 0 spiro atoms. The molecule has 1 atom stereocenters. The Morgan fingerprint density at radius 3 is 2.61 bits per heavy atom. The van der Waals surface area contributed by atoms with Crippen molar-refractivity contribution in [3.05, 3.63) is 82.7 Å². The summed E-state index contributed by atoms with van der Waals surface area (Å²) in [4.78, 5) is 0. The molecular formula is C20H23N3. The van der Waals surface area contributed by atoms with Gasteiger partial charge in [0.25, 0.3) is 0 Å². The Morgan fingerprint density at radius 2 is 1.83 bits per heavy atom. The Balaban J connectivity index is 1.71. The highest BCUT2D eigenvalue weighted by Gasteiger charge is 2.12. The highest BCUT2D eigenvalue weighted by atomic mass is 15.4. The third-order valence-corrected chi connectivity index (χ3v) is 4.28. The maximum atomic E-state index is 4.37. The molecule has 1 unspecified atom stereocenters. The van der Waals surface area contributed by atoms with E-state index in [-0.39, 0.29) is 0 Å². The van der Waals surface area contributed by atoms with E-state index in [9.17, 15) is 0 Å². The largest absolute Gasteiger partial charge is 0.248 e. The zero-order chi connectivity index (χ0) is 16.2. The Hall–Kier alpha value is -2.42. The molecular weight excluding hydrogens is 282 g/mol. The second-order valence-corrected chi connectivity index (χ2v) is 6.36. The topological polar surface area (TPSA) is 30.7 Å². The predicted molar refractivity (Wildman–Crippen MR) is 93.6 cm³/mol. The fourth-order valence-corrected chi connectivity index (χ4v) is 2.84. The maximum absolute atomic E-state index is 4.37. The van der Waals surface area contributed by atoms with Crippen molar-refractivity contribution in [3.63, 3.8) is 0 Å². The maximum Gasteiger partial charge on any atom is 0.0858 e. The summed E-state index contributed by atoms with van der Waals surface area (Å²) < 4.78 is 1.92. The number of hydrogen-bond donors (Lipinski definition) is 0. The van der Waals surface area contributed by atoms with Crippen LogP contribution in [-0.2, 0) is 13.0 Å². The van der Waals surface area contributed by atoms with Crippen LogP contribution in [0.15, 0.2) is 54.7 Å². The lowest BCUT2D eigenvalue weighted by molar-refractivity contribution is 0.647. The van der Waals surface area contributed by atoms with Gasteiger partial charge in [-0.3, -0.25) is 0 Å².